The van der Waals surface area contributed by atoms with Crippen molar-refractivity contribution in [3.8, 4) is 0 Å². The molecule has 21 heavy (non-hydrogen) atoms. The second-order valence-electron chi connectivity index (χ2n) is 4.07. The van der Waals surface area contributed by atoms with Crippen LogP contribution in [0.3, 0.4) is 0 Å². The molecule has 1 aliphatic rings. The van der Waals surface area contributed by atoms with Gasteiger partial charge in [-0.1, -0.05) is 12.1 Å². The van der Waals surface area contributed by atoms with Gasteiger partial charge < -0.3 is 4.42 Å². The fourth-order valence-electron chi connectivity index (χ4n) is 1.85. The largest absolute Gasteiger partial charge is 0.459 e. The number of fused-ring (bicyclic) bond motifs is 1. The molecule has 8 nitrogen and oxygen atoms in total. The van der Waals surface area contributed by atoms with Crippen LogP contribution in [0, 0.1) is 0 Å². The molecule has 1 aliphatic heterocycles. The highest BCUT2D eigenvalue weighted by Crippen LogP contribution is 2.34. The topological polar surface area (TPSA) is 114 Å². The Kier molecular flexibility index (Phi) is 2.90. The van der Waals surface area contributed by atoms with Crippen molar-refractivity contribution in [1.82, 2.24) is 9.25 Å². The Morgan fingerprint density at radius 3 is 2.00 bits per heavy atom. The number of nitrogens with zero attached hydrogens (tertiary/aromatic N) is 1. The van der Waals surface area contributed by atoms with Gasteiger partial charge in [-0.25, -0.2) is 16.8 Å². The molecule has 110 valence electrons. The van der Waals surface area contributed by atoms with Crippen molar-refractivity contribution in [3.05, 3.63) is 48.4 Å². The Bertz CT molecular complexity index is 862. The third-order valence-electron chi connectivity index (χ3n) is 2.78. The van der Waals surface area contributed by atoms with Gasteiger partial charge in [0.15, 0.2) is 5.76 Å². The van der Waals surface area contributed by atoms with E-state index in [-0.39, 0.29) is 19.4 Å². The molecule has 0 radical (unpaired) electrons. The zero-order chi connectivity index (χ0) is 15.3. The molecule has 1 aromatic heterocycles. The molecule has 1 N–H and O–H groups in total. The van der Waals surface area contributed by atoms with E-state index >= 15 is 0 Å². The maximum atomic E-state index is 12.2. The highest BCUT2D eigenvalue weighted by molar-refractivity contribution is 8.06. The Hall–Kier alpha value is -2.17. The molecule has 10 heteroatoms. The monoisotopic (exact) mass is 328 g/mol. The number of carbonyl (C=O) groups excluding carboxylic acids is 1. The normalized spacial score (nSPS) is 19.0. The van der Waals surface area contributed by atoms with Gasteiger partial charge in [-0.3, -0.25) is 10.2 Å². The lowest BCUT2D eigenvalue weighted by Gasteiger charge is -2.13. The zero-order valence-electron chi connectivity index (χ0n) is 10.3. The molecule has 2 aromatic rings. The Balaban J connectivity index is 2.07. The van der Waals surface area contributed by atoms with Crippen LogP contribution in [0.2, 0.25) is 0 Å². The Morgan fingerprint density at radius 2 is 1.52 bits per heavy atom. The summed E-state index contributed by atoms with van der Waals surface area (Å²) >= 11 is 0. The first-order valence-corrected chi connectivity index (χ1v) is 8.47. The van der Waals surface area contributed by atoms with Crippen molar-refractivity contribution in [1.29, 1.82) is 0 Å². The minimum absolute atomic E-state index is 0.0461. The number of benzene rings is 1. The molecule has 0 bridgehead atoms. The molecule has 0 unspecified atom stereocenters. The van der Waals surface area contributed by atoms with Crippen molar-refractivity contribution in [3.63, 3.8) is 0 Å². The van der Waals surface area contributed by atoms with Crippen molar-refractivity contribution in [2.45, 2.75) is 9.79 Å². The first kappa shape index (κ1) is 13.8. The van der Waals surface area contributed by atoms with Crippen molar-refractivity contribution in [2.24, 2.45) is 0 Å². The van der Waals surface area contributed by atoms with Gasteiger partial charge in [0.25, 0.3) is 20.0 Å². The molecule has 0 aliphatic carbocycles. The summed E-state index contributed by atoms with van der Waals surface area (Å²) in [7, 11) is -8.74. The van der Waals surface area contributed by atoms with Crippen LogP contribution < -0.4 is 5.43 Å². The predicted molar refractivity (Wildman–Crippen MR) is 68.8 cm³/mol. The van der Waals surface area contributed by atoms with Crippen LogP contribution in [-0.4, -0.2) is 26.6 Å². The smallest absolute Gasteiger partial charge is 0.302 e. The third-order valence-corrected chi connectivity index (χ3v) is 6.97. The van der Waals surface area contributed by atoms with Gasteiger partial charge in [0.2, 0.25) is 0 Å². The quantitative estimate of drug-likeness (QED) is 0.849. The van der Waals surface area contributed by atoms with E-state index in [1.54, 1.807) is 0 Å². The molecule has 1 amide bonds. The Morgan fingerprint density at radius 1 is 0.952 bits per heavy atom. The molecule has 2 heterocycles. The summed E-state index contributed by atoms with van der Waals surface area (Å²) in [5.41, 5.74) is 1.83. The fourth-order valence-corrected chi connectivity index (χ4v) is 5.91. The van der Waals surface area contributed by atoms with Crippen LogP contribution in [0.15, 0.2) is 56.9 Å². The fraction of sp³-hybridized carbons (Fsp3) is 0. The van der Waals surface area contributed by atoms with Crippen LogP contribution >= 0.6 is 0 Å². The molecule has 1 aromatic carbocycles. The van der Waals surface area contributed by atoms with Crippen LogP contribution in [-0.2, 0) is 20.0 Å². The van der Waals surface area contributed by atoms with Crippen molar-refractivity contribution >= 4 is 26.0 Å². The zero-order valence-corrected chi connectivity index (χ0v) is 11.9. The summed E-state index contributed by atoms with van der Waals surface area (Å²) in [6.07, 6.45) is 1.21. The van der Waals surface area contributed by atoms with E-state index in [1.807, 2.05) is 5.43 Å². The lowest BCUT2D eigenvalue weighted by molar-refractivity contribution is 0.0887. The number of hydrogen-bond acceptors (Lipinski definition) is 6. The van der Waals surface area contributed by atoms with Crippen LogP contribution in [0.25, 0.3) is 0 Å². The molecule has 3 rings (SSSR count). The van der Waals surface area contributed by atoms with Gasteiger partial charge in [0, 0.05) is 3.82 Å². The van der Waals surface area contributed by atoms with E-state index < -0.39 is 26.0 Å². The van der Waals surface area contributed by atoms with Gasteiger partial charge in [-0.05, 0) is 24.3 Å². The molecule has 0 fully saturated rings. The minimum atomic E-state index is -4.37. The first-order valence-electron chi connectivity index (χ1n) is 5.59. The molecular weight excluding hydrogens is 320 g/mol. The number of furan rings is 1. The SMILES string of the molecule is O=C(NN1S(=O)(=O)c2ccccc2S1(=O)=O)c1ccco1. The van der Waals surface area contributed by atoms with Crippen LogP contribution in [0.4, 0.5) is 0 Å². The molecule has 0 atom stereocenters. The lowest BCUT2D eigenvalue weighted by atomic mass is 10.4. The lowest BCUT2D eigenvalue weighted by Crippen LogP contribution is -2.45. The van der Waals surface area contributed by atoms with E-state index in [2.05, 4.69) is 0 Å². The minimum Gasteiger partial charge on any atom is -0.459 e. The summed E-state index contributed by atoms with van der Waals surface area (Å²) in [4.78, 5) is 11.0. The number of sulfonamides is 2. The van der Waals surface area contributed by atoms with Crippen LogP contribution in [0.1, 0.15) is 10.6 Å². The van der Waals surface area contributed by atoms with Crippen LogP contribution in [0.5, 0.6) is 0 Å². The van der Waals surface area contributed by atoms with E-state index in [0.717, 1.165) is 12.1 Å². The molecular formula is C11H8N2O6S2. The highest BCUT2D eigenvalue weighted by atomic mass is 32.3. The van der Waals surface area contributed by atoms with Gasteiger partial charge in [0.05, 0.1) is 6.26 Å². The maximum absolute atomic E-state index is 12.2. The molecule has 0 saturated carbocycles. The highest BCUT2D eigenvalue weighted by Gasteiger charge is 2.48. The van der Waals surface area contributed by atoms with E-state index in [1.165, 1.54) is 30.5 Å². The van der Waals surface area contributed by atoms with Gasteiger partial charge in [-0.15, -0.1) is 0 Å². The molecule has 0 spiro atoms. The van der Waals surface area contributed by atoms with Crippen molar-refractivity contribution in [2.75, 3.05) is 0 Å². The second-order valence-corrected chi connectivity index (χ2v) is 7.81. The van der Waals surface area contributed by atoms with Gasteiger partial charge in [-0.2, -0.15) is 0 Å². The number of amides is 1. The summed E-state index contributed by atoms with van der Waals surface area (Å²) < 4.78 is 53.6. The number of nitrogens with one attached hydrogen (secondary N) is 1. The van der Waals surface area contributed by atoms with Crippen molar-refractivity contribution < 1.29 is 26.0 Å². The summed E-state index contributed by atoms with van der Waals surface area (Å²) in [6, 6.07) is 7.78. The maximum Gasteiger partial charge on any atom is 0.302 e. The number of hydrazine groups is 1. The second kappa shape index (κ2) is 4.41. The third kappa shape index (κ3) is 1.95. The average Bonchev–Trinajstić information content (AvgIpc) is 3.02. The standard InChI is InChI=1S/C11H8N2O6S2/c14-11(8-4-3-7-19-8)12-13-20(15,16)9-5-1-2-6-10(9)21(13,17)18/h1-7H,(H,12,14). The number of rotatable bonds is 2. The number of carbonyl (C=O) groups is 1. The van der Waals surface area contributed by atoms with Gasteiger partial charge in [0.1, 0.15) is 9.79 Å². The van der Waals surface area contributed by atoms with E-state index in [9.17, 15) is 21.6 Å². The van der Waals surface area contributed by atoms with E-state index in [0.29, 0.717) is 0 Å². The molecule has 0 saturated heterocycles. The Labute approximate surface area is 120 Å². The first-order chi connectivity index (χ1) is 9.85. The summed E-state index contributed by atoms with van der Waals surface area (Å²) in [6.45, 7) is 0. The summed E-state index contributed by atoms with van der Waals surface area (Å²) in [5.74, 6) is -1.20. The summed E-state index contributed by atoms with van der Waals surface area (Å²) in [5, 5.41) is 0. The van der Waals surface area contributed by atoms with E-state index in [4.69, 9.17) is 4.42 Å². The van der Waals surface area contributed by atoms with Gasteiger partial charge >= 0.3 is 5.91 Å². The predicted octanol–water partition coefficient (Wildman–Crippen LogP) is 0.318. The number of hydrogen-bond donors (Lipinski definition) is 1. The average molecular weight is 328 g/mol.